The van der Waals surface area contributed by atoms with Crippen LogP contribution in [0, 0.1) is 0 Å². The Balaban J connectivity index is 1.75. The Morgan fingerprint density at radius 1 is 1.15 bits per heavy atom. The van der Waals surface area contributed by atoms with E-state index in [0.717, 1.165) is 22.2 Å². The van der Waals surface area contributed by atoms with Crippen molar-refractivity contribution in [3.05, 3.63) is 60.3 Å². The van der Waals surface area contributed by atoms with Gasteiger partial charge in [-0.25, -0.2) is 5.43 Å². The number of rotatable bonds is 7. The predicted molar refractivity (Wildman–Crippen MR) is 102 cm³/mol. The molecule has 1 amide bonds. The van der Waals surface area contributed by atoms with Crippen molar-refractivity contribution in [3.63, 3.8) is 0 Å². The minimum absolute atomic E-state index is 0.199. The van der Waals surface area contributed by atoms with Crippen molar-refractivity contribution in [1.82, 2.24) is 9.99 Å². The fourth-order valence-electron chi connectivity index (χ4n) is 2.75. The second-order valence-corrected chi connectivity index (χ2v) is 5.72. The molecular formula is C20H21N3O3. The molecule has 0 saturated carbocycles. The van der Waals surface area contributed by atoms with Crippen LogP contribution in [0.3, 0.4) is 0 Å². The summed E-state index contributed by atoms with van der Waals surface area (Å²) in [4.78, 5) is 11.0. The number of fused-ring (bicyclic) bond motifs is 1. The highest BCUT2D eigenvalue weighted by molar-refractivity contribution is 5.99. The average molecular weight is 351 g/mol. The largest absolute Gasteiger partial charge is 0.493 e. The van der Waals surface area contributed by atoms with Crippen LogP contribution in [-0.2, 0) is 11.3 Å². The van der Waals surface area contributed by atoms with Gasteiger partial charge in [-0.05, 0) is 18.2 Å². The number of carbonyl (C=O) groups excluding carboxylic acids is 1. The zero-order chi connectivity index (χ0) is 18.4. The first-order valence-corrected chi connectivity index (χ1v) is 8.32. The third-order valence-corrected chi connectivity index (χ3v) is 3.90. The van der Waals surface area contributed by atoms with Gasteiger partial charge in [0, 0.05) is 29.6 Å². The summed E-state index contributed by atoms with van der Waals surface area (Å²) in [5.41, 5.74) is 4.45. The van der Waals surface area contributed by atoms with Crippen LogP contribution in [0.25, 0.3) is 10.9 Å². The monoisotopic (exact) mass is 351 g/mol. The summed E-state index contributed by atoms with van der Waals surface area (Å²) in [7, 11) is 1.63. The van der Waals surface area contributed by atoms with E-state index >= 15 is 0 Å². The van der Waals surface area contributed by atoms with Gasteiger partial charge in [-0.3, -0.25) is 4.79 Å². The van der Waals surface area contributed by atoms with Crippen LogP contribution in [0.4, 0.5) is 0 Å². The fourth-order valence-corrected chi connectivity index (χ4v) is 2.75. The summed E-state index contributed by atoms with van der Waals surface area (Å²) < 4.78 is 13.3. The van der Waals surface area contributed by atoms with Gasteiger partial charge in [0.2, 0.25) is 5.91 Å². The van der Waals surface area contributed by atoms with Crippen molar-refractivity contribution >= 4 is 23.0 Å². The topological polar surface area (TPSA) is 64.8 Å². The summed E-state index contributed by atoms with van der Waals surface area (Å²) >= 11 is 0. The highest BCUT2D eigenvalue weighted by Crippen LogP contribution is 2.26. The van der Waals surface area contributed by atoms with E-state index in [2.05, 4.69) is 15.1 Å². The van der Waals surface area contributed by atoms with E-state index in [1.807, 2.05) is 54.7 Å². The zero-order valence-electron chi connectivity index (χ0n) is 14.8. The molecule has 0 bridgehead atoms. The Labute approximate surface area is 152 Å². The van der Waals surface area contributed by atoms with Gasteiger partial charge in [-0.15, -0.1) is 0 Å². The maximum atomic E-state index is 11.0. The van der Waals surface area contributed by atoms with Crippen molar-refractivity contribution in [2.24, 2.45) is 5.10 Å². The van der Waals surface area contributed by atoms with E-state index in [1.54, 1.807) is 13.3 Å². The van der Waals surface area contributed by atoms with Gasteiger partial charge < -0.3 is 14.0 Å². The number of nitrogens with one attached hydrogen (secondary N) is 1. The van der Waals surface area contributed by atoms with Crippen LogP contribution in [0.15, 0.2) is 59.8 Å². The van der Waals surface area contributed by atoms with Crippen LogP contribution in [-0.4, -0.2) is 30.4 Å². The van der Waals surface area contributed by atoms with Crippen molar-refractivity contribution in [1.29, 1.82) is 0 Å². The lowest BCUT2D eigenvalue weighted by Gasteiger charge is -2.11. The van der Waals surface area contributed by atoms with Crippen molar-refractivity contribution in [2.45, 2.75) is 13.5 Å². The van der Waals surface area contributed by atoms with Crippen LogP contribution in [0.1, 0.15) is 12.5 Å². The minimum Gasteiger partial charge on any atom is -0.493 e. The second kappa shape index (κ2) is 8.20. The van der Waals surface area contributed by atoms with E-state index in [-0.39, 0.29) is 5.91 Å². The standard InChI is InChI=1S/C20H21N3O3/c1-15(24)22-21-13-16-14-23(18-8-4-3-7-17(16)18)11-12-26-20-10-6-5-9-19(20)25-2/h3-10,13-14H,11-12H2,1-2H3,(H,22,24). The van der Waals surface area contributed by atoms with E-state index in [0.29, 0.717) is 18.9 Å². The van der Waals surface area contributed by atoms with E-state index in [9.17, 15) is 4.79 Å². The lowest BCUT2D eigenvalue weighted by atomic mass is 10.2. The second-order valence-electron chi connectivity index (χ2n) is 5.72. The number of methoxy groups -OCH3 is 1. The molecule has 3 aromatic rings. The lowest BCUT2D eigenvalue weighted by Crippen LogP contribution is -2.12. The quantitative estimate of drug-likeness (QED) is 0.525. The van der Waals surface area contributed by atoms with Gasteiger partial charge in [0.05, 0.1) is 19.9 Å². The lowest BCUT2D eigenvalue weighted by molar-refractivity contribution is -0.118. The molecule has 1 aromatic heterocycles. The number of hydrogen-bond acceptors (Lipinski definition) is 4. The number of hydrogen-bond donors (Lipinski definition) is 1. The minimum atomic E-state index is -0.199. The number of benzene rings is 2. The van der Waals surface area contributed by atoms with Gasteiger partial charge in [0.1, 0.15) is 6.61 Å². The first-order chi connectivity index (χ1) is 12.7. The summed E-state index contributed by atoms with van der Waals surface area (Å²) in [5, 5.41) is 5.04. The molecule has 3 rings (SSSR count). The molecule has 6 nitrogen and oxygen atoms in total. The smallest absolute Gasteiger partial charge is 0.236 e. The van der Waals surface area contributed by atoms with E-state index < -0.39 is 0 Å². The molecule has 0 atom stereocenters. The number of aromatic nitrogens is 1. The summed E-state index contributed by atoms with van der Waals surface area (Å²) in [6, 6.07) is 15.6. The molecule has 0 unspecified atom stereocenters. The molecule has 0 spiro atoms. The zero-order valence-corrected chi connectivity index (χ0v) is 14.8. The van der Waals surface area contributed by atoms with Crippen LogP contribution in [0.2, 0.25) is 0 Å². The molecule has 0 radical (unpaired) electrons. The molecule has 0 aliphatic carbocycles. The fraction of sp³-hybridized carbons (Fsp3) is 0.200. The third kappa shape index (κ3) is 4.03. The Hall–Kier alpha value is -3.28. The van der Waals surface area contributed by atoms with E-state index in [1.165, 1.54) is 6.92 Å². The molecule has 0 fully saturated rings. The SMILES string of the molecule is COc1ccccc1OCCn1cc(C=NNC(C)=O)c2ccccc21. The molecule has 1 N–H and O–H groups in total. The number of para-hydroxylation sites is 3. The number of carbonyl (C=O) groups is 1. The van der Waals surface area contributed by atoms with E-state index in [4.69, 9.17) is 9.47 Å². The number of amides is 1. The molecule has 0 aliphatic rings. The Kier molecular flexibility index (Phi) is 5.53. The van der Waals surface area contributed by atoms with Crippen molar-refractivity contribution in [2.75, 3.05) is 13.7 Å². The maximum absolute atomic E-state index is 11.0. The summed E-state index contributed by atoms with van der Waals surface area (Å²) in [6.45, 7) is 2.60. The molecule has 2 aromatic carbocycles. The highest BCUT2D eigenvalue weighted by Gasteiger charge is 2.08. The van der Waals surface area contributed by atoms with Gasteiger partial charge in [-0.1, -0.05) is 30.3 Å². The average Bonchev–Trinajstić information content (AvgIpc) is 3.00. The maximum Gasteiger partial charge on any atom is 0.236 e. The normalized spacial score (nSPS) is 11.0. The van der Waals surface area contributed by atoms with Gasteiger partial charge in [0.15, 0.2) is 11.5 Å². The van der Waals surface area contributed by atoms with Crippen LogP contribution >= 0.6 is 0 Å². The molecule has 0 aliphatic heterocycles. The molecule has 1 heterocycles. The molecular weight excluding hydrogens is 330 g/mol. The van der Waals surface area contributed by atoms with Crippen LogP contribution < -0.4 is 14.9 Å². The van der Waals surface area contributed by atoms with Gasteiger partial charge in [-0.2, -0.15) is 5.10 Å². The van der Waals surface area contributed by atoms with Gasteiger partial charge in [0.25, 0.3) is 0 Å². The van der Waals surface area contributed by atoms with Gasteiger partial charge >= 0.3 is 0 Å². The Bertz CT molecular complexity index is 931. The third-order valence-electron chi connectivity index (χ3n) is 3.90. The highest BCUT2D eigenvalue weighted by atomic mass is 16.5. The predicted octanol–water partition coefficient (Wildman–Crippen LogP) is 3.20. The Morgan fingerprint density at radius 2 is 1.88 bits per heavy atom. The summed E-state index contributed by atoms with van der Waals surface area (Å²) in [5.74, 6) is 1.24. The molecule has 134 valence electrons. The van der Waals surface area contributed by atoms with Crippen molar-refractivity contribution < 1.29 is 14.3 Å². The Morgan fingerprint density at radius 3 is 2.65 bits per heavy atom. The van der Waals surface area contributed by atoms with Crippen LogP contribution in [0.5, 0.6) is 11.5 Å². The number of hydrazone groups is 1. The first kappa shape index (κ1) is 17.5. The molecule has 26 heavy (non-hydrogen) atoms. The summed E-state index contributed by atoms with van der Waals surface area (Å²) in [6.07, 6.45) is 3.66. The molecule has 0 saturated heterocycles. The number of ether oxygens (including phenoxy) is 2. The molecule has 6 heteroatoms. The van der Waals surface area contributed by atoms with Crippen molar-refractivity contribution in [3.8, 4) is 11.5 Å². The first-order valence-electron chi connectivity index (χ1n) is 8.32. The number of nitrogens with zero attached hydrogens (tertiary/aromatic N) is 2.